The first-order chi connectivity index (χ1) is 10.1. The highest BCUT2D eigenvalue weighted by Crippen LogP contribution is 2.28. The maximum absolute atomic E-state index is 12.1. The third kappa shape index (κ3) is 2.90. The Labute approximate surface area is 126 Å². The first-order valence-electron chi connectivity index (χ1n) is 6.49. The van der Waals surface area contributed by atoms with Crippen LogP contribution in [-0.2, 0) is 11.2 Å². The molecule has 5 heteroatoms. The molecule has 0 aliphatic rings. The number of rotatable bonds is 3. The summed E-state index contributed by atoms with van der Waals surface area (Å²) < 4.78 is 5.48. The summed E-state index contributed by atoms with van der Waals surface area (Å²) in [5.74, 6) is -0.123. The Morgan fingerprint density at radius 1 is 1.43 bits per heavy atom. The number of anilines is 1. The van der Waals surface area contributed by atoms with Crippen LogP contribution in [0.5, 0.6) is 0 Å². The van der Waals surface area contributed by atoms with Crippen molar-refractivity contribution < 1.29 is 9.21 Å². The van der Waals surface area contributed by atoms with E-state index in [2.05, 4.69) is 10.3 Å². The van der Waals surface area contributed by atoms with Gasteiger partial charge in [0.15, 0.2) is 0 Å². The number of pyridine rings is 1. The van der Waals surface area contributed by atoms with Crippen molar-refractivity contribution >= 4 is 34.2 Å². The summed E-state index contributed by atoms with van der Waals surface area (Å²) in [6.07, 6.45) is 5.08. The van der Waals surface area contributed by atoms with Gasteiger partial charge in [0, 0.05) is 22.2 Å². The molecular weight excluding hydrogens is 288 g/mol. The van der Waals surface area contributed by atoms with E-state index in [4.69, 9.17) is 16.0 Å². The number of furan rings is 1. The molecule has 0 spiro atoms. The van der Waals surface area contributed by atoms with Gasteiger partial charge in [0.2, 0.25) is 5.91 Å². The van der Waals surface area contributed by atoms with Crippen molar-refractivity contribution in [1.29, 1.82) is 0 Å². The molecule has 4 nitrogen and oxygen atoms in total. The SMILES string of the molecule is Cc1cc2occ(CC(=O)Nc3cccnc3)c2cc1Cl. The lowest BCUT2D eigenvalue weighted by atomic mass is 10.1. The number of carbonyl (C=O) groups excluding carboxylic acids is 1. The third-order valence-corrected chi connectivity index (χ3v) is 3.64. The average Bonchev–Trinajstić information content (AvgIpc) is 2.83. The smallest absolute Gasteiger partial charge is 0.228 e. The number of nitrogens with one attached hydrogen (secondary N) is 1. The number of hydrogen-bond donors (Lipinski definition) is 1. The van der Waals surface area contributed by atoms with Crippen molar-refractivity contribution in [2.45, 2.75) is 13.3 Å². The fourth-order valence-corrected chi connectivity index (χ4v) is 2.32. The van der Waals surface area contributed by atoms with E-state index in [0.717, 1.165) is 22.1 Å². The van der Waals surface area contributed by atoms with Gasteiger partial charge in [-0.25, -0.2) is 0 Å². The fraction of sp³-hybridized carbons (Fsp3) is 0.125. The van der Waals surface area contributed by atoms with Crippen LogP contribution in [0.1, 0.15) is 11.1 Å². The summed E-state index contributed by atoms with van der Waals surface area (Å²) in [5.41, 5.74) is 3.17. The normalized spacial score (nSPS) is 10.8. The molecule has 0 saturated heterocycles. The van der Waals surface area contributed by atoms with Crippen LogP contribution in [0.3, 0.4) is 0 Å². The van der Waals surface area contributed by atoms with Crippen molar-refractivity contribution in [3.8, 4) is 0 Å². The lowest BCUT2D eigenvalue weighted by Crippen LogP contribution is -2.14. The minimum absolute atomic E-state index is 0.123. The highest BCUT2D eigenvalue weighted by atomic mass is 35.5. The first kappa shape index (κ1) is 13.6. The molecule has 0 unspecified atom stereocenters. The van der Waals surface area contributed by atoms with Gasteiger partial charge in [-0.2, -0.15) is 0 Å². The van der Waals surface area contributed by atoms with Gasteiger partial charge < -0.3 is 9.73 Å². The molecule has 0 bridgehead atoms. The zero-order valence-corrected chi connectivity index (χ0v) is 12.1. The van der Waals surface area contributed by atoms with Gasteiger partial charge in [-0.05, 0) is 36.8 Å². The zero-order chi connectivity index (χ0) is 14.8. The highest BCUT2D eigenvalue weighted by Gasteiger charge is 2.12. The van der Waals surface area contributed by atoms with Crippen LogP contribution in [-0.4, -0.2) is 10.9 Å². The summed E-state index contributed by atoms with van der Waals surface area (Å²) in [4.78, 5) is 16.0. The molecule has 3 rings (SSSR count). The molecule has 0 radical (unpaired) electrons. The van der Waals surface area contributed by atoms with Gasteiger partial charge in [-0.1, -0.05) is 11.6 Å². The predicted molar refractivity (Wildman–Crippen MR) is 82.5 cm³/mol. The van der Waals surface area contributed by atoms with E-state index >= 15 is 0 Å². The van der Waals surface area contributed by atoms with Gasteiger partial charge in [-0.15, -0.1) is 0 Å². The van der Waals surface area contributed by atoms with Crippen molar-refractivity contribution in [2.75, 3.05) is 5.32 Å². The number of halogens is 1. The molecule has 0 aliphatic carbocycles. The fourth-order valence-electron chi connectivity index (χ4n) is 2.15. The zero-order valence-electron chi connectivity index (χ0n) is 11.4. The number of amides is 1. The van der Waals surface area contributed by atoms with Crippen LogP contribution < -0.4 is 5.32 Å². The van der Waals surface area contributed by atoms with Gasteiger partial charge in [-0.3, -0.25) is 9.78 Å². The van der Waals surface area contributed by atoms with Crippen LogP contribution in [0, 0.1) is 6.92 Å². The maximum atomic E-state index is 12.1. The summed E-state index contributed by atoms with van der Waals surface area (Å²) in [6.45, 7) is 1.92. The molecule has 1 aromatic carbocycles. The minimum Gasteiger partial charge on any atom is -0.464 e. The molecule has 21 heavy (non-hydrogen) atoms. The predicted octanol–water partition coefficient (Wildman–Crippen LogP) is 3.97. The monoisotopic (exact) mass is 300 g/mol. The number of benzene rings is 1. The Hall–Kier alpha value is -2.33. The van der Waals surface area contributed by atoms with Crippen LogP contribution in [0.15, 0.2) is 47.3 Å². The van der Waals surface area contributed by atoms with E-state index < -0.39 is 0 Å². The van der Waals surface area contributed by atoms with Crippen LogP contribution in [0.4, 0.5) is 5.69 Å². The van der Waals surface area contributed by atoms with Crippen molar-refractivity contribution in [2.24, 2.45) is 0 Å². The van der Waals surface area contributed by atoms with Crippen LogP contribution in [0.2, 0.25) is 5.02 Å². The van der Waals surface area contributed by atoms with E-state index in [1.165, 1.54) is 0 Å². The number of aryl methyl sites for hydroxylation is 1. The molecule has 106 valence electrons. The van der Waals surface area contributed by atoms with E-state index in [1.807, 2.05) is 19.1 Å². The van der Waals surface area contributed by atoms with Crippen LogP contribution >= 0.6 is 11.6 Å². The average molecular weight is 301 g/mol. The van der Waals surface area contributed by atoms with Gasteiger partial charge >= 0.3 is 0 Å². The maximum Gasteiger partial charge on any atom is 0.228 e. The summed E-state index contributed by atoms with van der Waals surface area (Å²) in [6, 6.07) is 7.27. The van der Waals surface area contributed by atoms with E-state index in [0.29, 0.717) is 10.7 Å². The number of nitrogens with zero attached hydrogens (tertiary/aromatic N) is 1. The van der Waals surface area contributed by atoms with Crippen molar-refractivity contribution in [1.82, 2.24) is 4.98 Å². The van der Waals surface area contributed by atoms with Crippen molar-refractivity contribution in [3.63, 3.8) is 0 Å². The summed E-state index contributed by atoms with van der Waals surface area (Å²) in [5, 5.41) is 4.33. The van der Waals surface area contributed by atoms with Gasteiger partial charge in [0.1, 0.15) is 5.58 Å². The molecule has 2 aromatic heterocycles. The molecule has 3 aromatic rings. The minimum atomic E-state index is -0.123. The van der Waals surface area contributed by atoms with Gasteiger partial charge in [0.25, 0.3) is 0 Å². The van der Waals surface area contributed by atoms with E-state index in [1.54, 1.807) is 30.8 Å². The molecular formula is C16H13ClN2O2. The van der Waals surface area contributed by atoms with E-state index in [-0.39, 0.29) is 12.3 Å². The van der Waals surface area contributed by atoms with Gasteiger partial charge in [0.05, 0.1) is 24.6 Å². The lowest BCUT2D eigenvalue weighted by Gasteiger charge is -2.04. The number of hydrogen-bond acceptors (Lipinski definition) is 3. The topological polar surface area (TPSA) is 55.1 Å². The second-order valence-corrected chi connectivity index (χ2v) is 5.23. The standard InChI is InChI=1S/C16H13ClN2O2/c1-10-5-15-13(7-14(10)17)11(9-21-15)6-16(20)19-12-3-2-4-18-8-12/h2-5,7-9H,6H2,1H3,(H,19,20). The van der Waals surface area contributed by atoms with Crippen LogP contribution in [0.25, 0.3) is 11.0 Å². The molecule has 0 aliphatic heterocycles. The number of carbonyl (C=O) groups is 1. The Morgan fingerprint density at radius 3 is 3.05 bits per heavy atom. The van der Waals surface area contributed by atoms with E-state index in [9.17, 15) is 4.79 Å². The Bertz CT molecular complexity index is 797. The molecule has 0 saturated carbocycles. The lowest BCUT2D eigenvalue weighted by molar-refractivity contribution is -0.115. The summed E-state index contributed by atoms with van der Waals surface area (Å²) in [7, 11) is 0. The highest BCUT2D eigenvalue weighted by molar-refractivity contribution is 6.32. The molecule has 2 heterocycles. The first-order valence-corrected chi connectivity index (χ1v) is 6.87. The number of fused-ring (bicyclic) bond motifs is 1. The Kier molecular flexibility index (Phi) is 3.62. The molecule has 1 amide bonds. The Morgan fingerprint density at radius 2 is 2.29 bits per heavy atom. The molecule has 0 atom stereocenters. The summed E-state index contributed by atoms with van der Waals surface area (Å²) >= 11 is 6.13. The second kappa shape index (κ2) is 5.58. The van der Waals surface area contributed by atoms with Crippen molar-refractivity contribution in [3.05, 3.63) is 59.1 Å². The Balaban J connectivity index is 1.82. The largest absolute Gasteiger partial charge is 0.464 e. The quantitative estimate of drug-likeness (QED) is 0.796. The third-order valence-electron chi connectivity index (χ3n) is 3.23. The molecule has 1 N–H and O–H groups in total. The second-order valence-electron chi connectivity index (χ2n) is 4.83. The molecule has 0 fully saturated rings. The number of aromatic nitrogens is 1.